The standard InChI is InChI=1S/C13H11ClFN3O2S2/c14-11-6-3-9(7-12(11)15)18-13(21)17-8-1-4-10(5-2-8)22(16,19)20/h1-7H,(H2,16,19,20)(H2,17,18,21). The molecule has 0 saturated heterocycles. The van der Waals surface area contributed by atoms with Crippen molar-refractivity contribution < 1.29 is 12.8 Å². The van der Waals surface area contributed by atoms with Gasteiger partial charge in [0.25, 0.3) is 0 Å². The van der Waals surface area contributed by atoms with E-state index in [1.54, 1.807) is 6.07 Å². The van der Waals surface area contributed by atoms with Gasteiger partial charge in [0.2, 0.25) is 10.0 Å². The van der Waals surface area contributed by atoms with Crippen LogP contribution in [0.4, 0.5) is 15.8 Å². The van der Waals surface area contributed by atoms with Crippen LogP contribution in [0.5, 0.6) is 0 Å². The van der Waals surface area contributed by atoms with Crippen molar-refractivity contribution in [2.24, 2.45) is 5.14 Å². The van der Waals surface area contributed by atoms with Gasteiger partial charge in [-0.25, -0.2) is 17.9 Å². The summed E-state index contributed by atoms with van der Waals surface area (Å²) in [6.45, 7) is 0. The molecule has 4 N–H and O–H groups in total. The molecule has 0 fully saturated rings. The lowest BCUT2D eigenvalue weighted by Gasteiger charge is -2.11. The van der Waals surface area contributed by atoms with E-state index in [1.807, 2.05) is 0 Å². The number of nitrogens with two attached hydrogens (primary N) is 1. The smallest absolute Gasteiger partial charge is 0.238 e. The molecule has 0 aliphatic carbocycles. The van der Waals surface area contributed by atoms with Gasteiger partial charge in [0.15, 0.2) is 5.11 Å². The zero-order chi connectivity index (χ0) is 16.3. The Morgan fingerprint density at radius 2 is 1.64 bits per heavy atom. The Morgan fingerprint density at radius 1 is 1.09 bits per heavy atom. The van der Waals surface area contributed by atoms with Gasteiger partial charge in [0.1, 0.15) is 5.82 Å². The monoisotopic (exact) mass is 359 g/mol. The van der Waals surface area contributed by atoms with Crippen molar-refractivity contribution in [2.75, 3.05) is 10.6 Å². The average Bonchev–Trinajstić information content (AvgIpc) is 2.42. The van der Waals surface area contributed by atoms with E-state index in [0.717, 1.165) is 0 Å². The molecule has 2 aromatic rings. The van der Waals surface area contributed by atoms with Crippen molar-refractivity contribution in [3.8, 4) is 0 Å². The predicted octanol–water partition coefficient (Wildman–Crippen LogP) is 2.94. The van der Waals surface area contributed by atoms with Gasteiger partial charge in [-0.15, -0.1) is 0 Å². The first kappa shape index (κ1) is 16.6. The van der Waals surface area contributed by atoms with E-state index < -0.39 is 15.8 Å². The fraction of sp³-hybridized carbons (Fsp3) is 0. The van der Waals surface area contributed by atoms with Gasteiger partial charge in [-0.1, -0.05) is 11.6 Å². The number of hydrogen-bond donors (Lipinski definition) is 3. The van der Waals surface area contributed by atoms with Gasteiger partial charge in [0, 0.05) is 11.4 Å². The van der Waals surface area contributed by atoms with Gasteiger partial charge in [0.05, 0.1) is 9.92 Å². The molecule has 0 heterocycles. The van der Waals surface area contributed by atoms with Crippen molar-refractivity contribution in [3.63, 3.8) is 0 Å². The molecular formula is C13H11ClFN3O2S2. The molecule has 0 aliphatic rings. The highest BCUT2D eigenvalue weighted by atomic mass is 35.5. The van der Waals surface area contributed by atoms with E-state index in [9.17, 15) is 12.8 Å². The minimum absolute atomic E-state index is 0.00306. The molecule has 0 amide bonds. The highest BCUT2D eigenvalue weighted by Gasteiger charge is 2.07. The number of halogens is 2. The van der Waals surface area contributed by atoms with Crippen molar-refractivity contribution in [1.29, 1.82) is 0 Å². The van der Waals surface area contributed by atoms with Crippen LogP contribution in [0.1, 0.15) is 0 Å². The van der Waals surface area contributed by atoms with Gasteiger partial charge in [-0.2, -0.15) is 0 Å². The number of rotatable bonds is 3. The second-order valence-corrected chi connectivity index (χ2v) is 6.65. The molecule has 0 radical (unpaired) electrons. The average molecular weight is 360 g/mol. The summed E-state index contributed by atoms with van der Waals surface area (Å²) in [6, 6.07) is 9.91. The lowest BCUT2D eigenvalue weighted by Crippen LogP contribution is -2.19. The van der Waals surface area contributed by atoms with Gasteiger partial charge >= 0.3 is 0 Å². The van der Waals surface area contributed by atoms with E-state index in [2.05, 4.69) is 10.6 Å². The maximum absolute atomic E-state index is 13.3. The number of thiocarbonyl (C=S) groups is 1. The topological polar surface area (TPSA) is 84.2 Å². The quantitative estimate of drug-likeness (QED) is 0.734. The van der Waals surface area contributed by atoms with E-state index in [0.29, 0.717) is 11.4 Å². The summed E-state index contributed by atoms with van der Waals surface area (Å²) < 4.78 is 35.6. The van der Waals surface area contributed by atoms with Crippen LogP contribution in [0.15, 0.2) is 47.4 Å². The molecule has 116 valence electrons. The highest BCUT2D eigenvalue weighted by Crippen LogP contribution is 2.19. The summed E-state index contributed by atoms with van der Waals surface area (Å²) in [4.78, 5) is -0.00306. The Bertz CT molecular complexity index is 811. The maximum Gasteiger partial charge on any atom is 0.238 e. The van der Waals surface area contributed by atoms with Crippen LogP contribution in [-0.4, -0.2) is 13.5 Å². The lowest BCUT2D eigenvalue weighted by molar-refractivity contribution is 0.598. The number of benzene rings is 2. The minimum Gasteiger partial charge on any atom is -0.332 e. The predicted molar refractivity (Wildman–Crippen MR) is 89.1 cm³/mol. The molecule has 0 atom stereocenters. The number of primary sulfonamides is 1. The summed E-state index contributed by atoms with van der Waals surface area (Å²) in [5, 5.41) is 10.8. The highest BCUT2D eigenvalue weighted by molar-refractivity contribution is 7.89. The van der Waals surface area contributed by atoms with Crippen LogP contribution >= 0.6 is 23.8 Å². The zero-order valence-electron chi connectivity index (χ0n) is 11.0. The third-order valence-corrected chi connectivity index (χ3v) is 4.06. The molecular weight excluding hydrogens is 349 g/mol. The van der Waals surface area contributed by atoms with E-state index >= 15 is 0 Å². The fourth-order valence-corrected chi connectivity index (χ4v) is 2.46. The summed E-state index contributed by atoms with van der Waals surface area (Å²) in [6.07, 6.45) is 0. The second kappa shape index (κ2) is 6.57. The molecule has 0 bridgehead atoms. The minimum atomic E-state index is -3.74. The molecule has 0 saturated carbocycles. The normalized spacial score (nSPS) is 11.0. The van der Waals surface area contributed by atoms with Crippen molar-refractivity contribution in [1.82, 2.24) is 0 Å². The van der Waals surface area contributed by atoms with Crippen LogP contribution in [0, 0.1) is 5.82 Å². The van der Waals surface area contributed by atoms with Crippen LogP contribution < -0.4 is 15.8 Å². The van der Waals surface area contributed by atoms with Gasteiger partial charge in [-0.05, 0) is 54.7 Å². The summed E-state index contributed by atoms with van der Waals surface area (Å²) in [5.74, 6) is -0.563. The van der Waals surface area contributed by atoms with E-state index in [-0.39, 0.29) is 15.0 Å². The summed E-state index contributed by atoms with van der Waals surface area (Å²) in [5.41, 5.74) is 0.986. The number of nitrogens with one attached hydrogen (secondary N) is 2. The summed E-state index contributed by atoms with van der Waals surface area (Å²) >= 11 is 10.7. The Morgan fingerprint density at radius 3 is 2.18 bits per heavy atom. The van der Waals surface area contributed by atoms with E-state index in [1.165, 1.54) is 36.4 Å². The zero-order valence-corrected chi connectivity index (χ0v) is 13.4. The lowest BCUT2D eigenvalue weighted by atomic mass is 10.3. The molecule has 0 aliphatic heterocycles. The third-order valence-electron chi connectivity index (χ3n) is 2.62. The first-order valence-corrected chi connectivity index (χ1v) is 8.25. The number of anilines is 2. The molecule has 0 spiro atoms. The van der Waals surface area contributed by atoms with Gasteiger partial charge < -0.3 is 10.6 Å². The first-order chi connectivity index (χ1) is 10.3. The van der Waals surface area contributed by atoms with Crippen molar-refractivity contribution >= 4 is 50.3 Å². The van der Waals surface area contributed by atoms with Crippen LogP contribution in [0.2, 0.25) is 5.02 Å². The molecule has 0 unspecified atom stereocenters. The largest absolute Gasteiger partial charge is 0.332 e. The van der Waals surface area contributed by atoms with Crippen LogP contribution in [0.25, 0.3) is 0 Å². The Hall–Kier alpha value is -1.74. The second-order valence-electron chi connectivity index (χ2n) is 4.28. The Labute approximate surface area is 137 Å². The molecule has 5 nitrogen and oxygen atoms in total. The molecule has 9 heteroatoms. The maximum atomic E-state index is 13.3. The van der Waals surface area contributed by atoms with Gasteiger partial charge in [-0.3, -0.25) is 0 Å². The molecule has 22 heavy (non-hydrogen) atoms. The Balaban J connectivity index is 2.04. The SMILES string of the molecule is NS(=O)(=O)c1ccc(NC(=S)Nc2ccc(Cl)c(F)c2)cc1. The van der Waals surface area contributed by atoms with Crippen molar-refractivity contribution in [3.05, 3.63) is 53.3 Å². The van der Waals surface area contributed by atoms with Crippen LogP contribution in [-0.2, 0) is 10.0 Å². The third kappa shape index (κ3) is 4.38. The van der Waals surface area contributed by atoms with Crippen LogP contribution in [0.3, 0.4) is 0 Å². The van der Waals surface area contributed by atoms with Crippen molar-refractivity contribution in [2.45, 2.75) is 4.90 Å². The summed E-state index contributed by atoms with van der Waals surface area (Å²) in [7, 11) is -3.74. The number of hydrogen-bond acceptors (Lipinski definition) is 3. The molecule has 2 rings (SSSR count). The van der Waals surface area contributed by atoms with E-state index in [4.69, 9.17) is 29.0 Å². The molecule has 0 aromatic heterocycles. The number of sulfonamides is 1. The fourth-order valence-electron chi connectivity index (χ4n) is 1.60. The molecule has 2 aromatic carbocycles. The first-order valence-electron chi connectivity index (χ1n) is 5.91. The Kier molecular flexibility index (Phi) is 4.97.